The van der Waals surface area contributed by atoms with Gasteiger partial charge in [-0.25, -0.2) is 0 Å². The van der Waals surface area contributed by atoms with Gasteiger partial charge in [0.05, 0.1) is 277 Å². The van der Waals surface area contributed by atoms with Gasteiger partial charge in [0.1, 0.15) is 110 Å². The molecule has 0 bridgehead atoms. The molecule has 0 aromatic rings. The van der Waals surface area contributed by atoms with Gasteiger partial charge in [0.2, 0.25) is 0 Å². The summed E-state index contributed by atoms with van der Waals surface area (Å²) in [4.78, 5) is 0. The zero-order valence-corrected chi connectivity index (χ0v) is 72.2. The Balaban J connectivity index is -0.000000813. The van der Waals surface area contributed by atoms with Crippen molar-refractivity contribution < 1.29 is 320 Å². The maximum atomic E-state index is 11.1. The van der Waals surface area contributed by atoms with Crippen LogP contribution in [0.3, 0.4) is 0 Å². The smallest absolute Gasteiger partial charge is 1.00 e. The second kappa shape index (κ2) is 83.4. The fourth-order valence-electron chi connectivity index (χ4n) is 7.93. The Morgan fingerprint density at radius 3 is 0.670 bits per heavy atom. The molecule has 0 aromatic heterocycles. The van der Waals surface area contributed by atoms with Gasteiger partial charge in [0, 0.05) is 13.7 Å². The van der Waals surface area contributed by atoms with Gasteiger partial charge in [-0.3, -0.25) is 0 Å². The minimum Gasteiger partial charge on any atom is -1.00 e. The SMILES string of the molecule is CCC(CO)(CO)CO.CCC(COCC(O)COCC(O)COCC(O)CO)(COCC(O)COCC(COCC(O)COCC(O)CO)OCC(CO)OCC(O)CO)COCC(COCC(O)COCC(O)CO)OCC(COCC(O)COCC(O)CO)OCC(CO)OCC(O)CO.C[O-].OCC1CO1.[2HH].[3HH].[H-].[K+].[K+]. The molecule has 1 rings (SSSR count). The van der Waals surface area contributed by atoms with Crippen LogP contribution in [0, 0.1) is 10.8 Å². The number of rotatable bonds is 77. The van der Waals surface area contributed by atoms with Crippen molar-refractivity contribution in [2.75, 3.05) is 285 Å². The molecule has 0 radical (unpaired) electrons. The summed E-state index contributed by atoms with van der Waals surface area (Å²) in [6.07, 6.45) is -17.9. The first-order valence-electron chi connectivity index (χ1n) is 36.3. The number of hydrogen-bond donors (Lipinski definition) is 24. The van der Waals surface area contributed by atoms with E-state index in [0.29, 0.717) is 12.8 Å². The fraction of sp³-hybridized carbons (Fsp3) is 1.00. The second-order valence-electron chi connectivity index (χ2n) is 25.8. The van der Waals surface area contributed by atoms with Crippen molar-refractivity contribution in [3.63, 3.8) is 0 Å². The topological polar surface area (TPSA) is 678 Å². The van der Waals surface area contributed by atoms with E-state index in [0.717, 1.165) is 13.7 Å². The predicted octanol–water partition coefficient (Wildman–Crippen LogP) is -18.9. The molecule has 1 saturated heterocycles. The van der Waals surface area contributed by atoms with E-state index >= 15 is 0 Å². The van der Waals surface area contributed by atoms with E-state index in [-0.39, 0.29) is 331 Å². The largest absolute Gasteiger partial charge is 1.00 e. The van der Waals surface area contributed by atoms with Crippen molar-refractivity contribution in [3.05, 3.63) is 0 Å². The van der Waals surface area contributed by atoms with Crippen LogP contribution in [-0.4, -0.2) is 517 Å². The minimum absolute atomic E-state index is 0. The number of epoxide rings is 1. The van der Waals surface area contributed by atoms with Gasteiger partial charge >= 0.3 is 103 Å². The average molecular weight is 1720 g/mol. The van der Waals surface area contributed by atoms with Gasteiger partial charge in [0.15, 0.2) is 0 Å². The number of aliphatic hydroxyl groups is 24. The van der Waals surface area contributed by atoms with E-state index in [2.05, 4.69) is 4.74 Å². The molecule has 0 amide bonds. The average Bonchev–Trinajstić information content (AvgIpc) is 1.71. The molecule has 19 unspecified atom stereocenters. The van der Waals surface area contributed by atoms with Gasteiger partial charge in [0.25, 0.3) is 0 Å². The molecule has 0 spiro atoms. The standard InChI is InChI=1S/C57H116O37.C6H14O3.C3H6O2.CH3O.2K.2H2.H/c1-2-57(37-87-25-50(76)20-82-19-46(72)15-78-11-40(66)3-58,38-88-26-51(77)24-85-30-54(92-34-52(9-64)90-27-44(70)7-62)29-83-21-47(73)16-79-12-41(67)4-59)39-89-33-55(31-84-22-48(74)17-80-13-42(68)5-60)94-36-56(93-35-53(10-65)91-28-45(71)8-63)32-86-23-49(75)18-81-14-43(69)6-61;1-2-6(3-7,4-8)5-9;4-1-3-2-5-3;1-2;;;;;/h40-56,58-77H,2-39H2,1H3;7-9H,2-5H2,1H3;3-4H,1-2H2;1H3;;;2*1H;/q;;;-1;2*+1;;;-1/i;;;;;;1+2;1+1;. The molecule has 0 saturated carbocycles. The van der Waals surface area contributed by atoms with E-state index in [1.54, 1.807) is 6.92 Å². The monoisotopic (exact) mass is 1720 g/mol. The normalized spacial score (nSPS) is 18.1. The van der Waals surface area contributed by atoms with Gasteiger partial charge in [-0.15, -0.1) is 0 Å². The fourth-order valence-corrected chi connectivity index (χ4v) is 7.93. The van der Waals surface area contributed by atoms with Crippen LogP contribution in [-0.2, 0) is 85.3 Å². The van der Waals surface area contributed by atoms with Crippen molar-refractivity contribution >= 4 is 0 Å². The first-order valence-corrected chi connectivity index (χ1v) is 36.3. The molecule has 0 aromatic carbocycles. The Kier molecular flexibility index (Phi) is 91.0. The quantitative estimate of drug-likeness (QED) is 0.0199. The summed E-state index contributed by atoms with van der Waals surface area (Å²) in [5, 5.41) is 238. The molecule has 19 atom stereocenters. The molecule has 1 aliphatic heterocycles. The third-order valence-electron chi connectivity index (χ3n) is 15.1. The van der Waals surface area contributed by atoms with Crippen LogP contribution in [0.2, 0.25) is 0 Å². The molecular formula is C67H144K2O43. The van der Waals surface area contributed by atoms with Gasteiger partial charge < -0.3 is 214 Å². The Hall–Kier alpha value is 1.55. The van der Waals surface area contributed by atoms with Crippen LogP contribution < -0.4 is 108 Å². The molecule has 1 heterocycles. The molecule has 1 fully saturated rings. The van der Waals surface area contributed by atoms with E-state index in [9.17, 15) is 76.6 Å². The predicted molar refractivity (Wildman–Crippen MR) is 382 cm³/mol. The summed E-state index contributed by atoms with van der Waals surface area (Å²) >= 11 is 0. The van der Waals surface area contributed by atoms with Crippen LogP contribution in [0.25, 0.3) is 0 Å². The molecular weight excluding hydrogens is 1570 g/mol. The van der Waals surface area contributed by atoms with Crippen molar-refractivity contribution in [1.29, 1.82) is 0 Å². The zero-order chi connectivity index (χ0) is 83.2. The summed E-state index contributed by atoms with van der Waals surface area (Å²) in [6.45, 7) is -7.63. The maximum Gasteiger partial charge on any atom is 1.00 e. The zero-order valence-electron chi connectivity index (χ0n) is 67.0. The number of aliphatic hydroxyl groups excluding tert-OH is 24. The Bertz CT molecular complexity index is 1910. The summed E-state index contributed by atoms with van der Waals surface area (Å²) in [6, 6.07) is 0. The molecule has 24 N–H and O–H groups in total. The van der Waals surface area contributed by atoms with Crippen LogP contribution in [0.1, 0.15) is 31.0 Å². The molecule has 672 valence electrons. The second-order valence-corrected chi connectivity index (χ2v) is 25.8. The molecule has 1 aliphatic rings. The third-order valence-corrected chi connectivity index (χ3v) is 15.1. The summed E-state index contributed by atoms with van der Waals surface area (Å²) < 4.78 is 101. The van der Waals surface area contributed by atoms with Crippen molar-refractivity contribution in [1.82, 2.24) is 0 Å². The van der Waals surface area contributed by atoms with Gasteiger partial charge in [-0.2, -0.15) is 7.11 Å². The third kappa shape index (κ3) is 72.1. The Morgan fingerprint density at radius 2 is 0.473 bits per heavy atom. The first-order chi connectivity index (χ1) is 52.8. The van der Waals surface area contributed by atoms with Crippen LogP contribution in [0.15, 0.2) is 0 Å². The van der Waals surface area contributed by atoms with E-state index in [1.165, 1.54) is 0 Å². The van der Waals surface area contributed by atoms with Crippen LogP contribution >= 0.6 is 0 Å². The van der Waals surface area contributed by atoms with Gasteiger partial charge in [-0.05, 0) is 12.8 Å². The Morgan fingerprint density at radius 1 is 0.286 bits per heavy atom. The van der Waals surface area contributed by atoms with Crippen LogP contribution in [0.4, 0.5) is 0 Å². The summed E-state index contributed by atoms with van der Waals surface area (Å²) in [5.74, 6) is 0. The maximum absolute atomic E-state index is 11.1. The summed E-state index contributed by atoms with van der Waals surface area (Å²) in [5.41, 5.74) is -1.71. The number of ether oxygens (including phenoxy) is 18. The van der Waals surface area contributed by atoms with Crippen molar-refractivity contribution in [2.45, 2.75) is 137 Å². The van der Waals surface area contributed by atoms with E-state index in [4.69, 9.17) is 132 Å². The number of hydrogen-bond acceptors (Lipinski definition) is 43. The van der Waals surface area contributed by atoms with Crippen LogP contribution in [0.5, 0.6) is 0 Å². The first kappa shape index (κ1) is 122. The molecule has 112 heavy (non-hydrogen) atoms. The molecule has 0 aliphatic carbocycles. The van der Waals surface area contributed by atoms with Crippen molar-refractivity contribution in [3.8, 4) is 0 Å². The van der Waals surface area contributed by atoms with Gasteiger partial charge in [-0.1, -0.05) is 13.8 Å². The molecule has 43 nitrogen and oxygen atoms in total. The van der Waals surface area contributed by atoms with E-state index < -0.39 is 167 Å². The Labute approximate surface area is 745 Å². The summed E-state index contributed by atoms with van der Waals surface area (Å²) in [7, 11) is 0.750. The van der Waals surface area contributed by atoms with E-state index in [1.807, 2.05) is 6.92 Å². The molecule has 45 heteroatoms. The van der Waals surface area contributed by atoms with Crippen molar-refractivity contribution in [2.24, 2.45) is 10.8 Å². The minimum atomic E-state index is -1.26.